The summed E-state index contributed by atoms with van der Waals surface area (Å²) in [5.41, 5.74) is -0.166. The van der Waals surface area contributed by atoms with E-state index in [1.165, 1.54) is 12.1 Å². The van der Waals surface area contributed by atoms with Crippen LogP contribution < -0.4 is 10.6 Å². The maximum Gasteiger partial charge on any atom is 0.254 e. The van der Waals surface area contributed by atoms with Gasteiger partial charge in [-0.2, -0.15) is 0 Å². The van der Waals surface area contributed by atoms with Crippen LogP contribution in [0.4, 0.5) is 4.39 Å². The Morgan fingerprint density at radius 2 is 2.05 bits per heavy atom. The fraction of sp³-hybridized carbons (Fsp3) is 0.462. The summed E-state index contributed by atoms with van der Waals surface area (Å²) in [7, 11) is 0. The Morgan fingerprint density at radius 1 is 1.42 bits per heavy atom. The van der Waals surface area contributed by atoms with Gasteiger partial charge < -0.3 is 10.6 Å². The average Bonchev–Trinajstić information content (AvgIpc) is 2.32. The SMILES string of the molecule is CC1(NC(=O)c2cc(Br)ccc2F)CCNCC1.Cl. The zero-order valence-electron chi connectivity index (χ0n) is 10.6. The molecule has 3 nitrogen and oxygen atoms in total. The molecule has 1 aliphatic rings. The van der Waals surface area contributed by atoms with Gasteiger partial charge in [-0.25, -0.2) is 4.39 Å². The number of benzene rings is 1. The molecule has 0 aromatic heterocycles. The van der Waals surface area contributed by atoms with Gasteiger partial charge in [0.2, 0.25) is 0 Å². The summed E-state index contributed by atoms with van der Waals surface area (Å²) in [5.74, 6) is -0.841. The third-order valence-corrected chi connectivity index (χ3v) is 3.79. The Morgan fingerprint density at radius 3 is 2.68 bits per heavy atom. The number of nitrogens with one attached hydrogen (secondary N) is 2. The lowest BCUT2D eigenvalue weighted by molar-refractivity contribution is 0.0883. The second-order valence-corrected chi connectivity index (χ2v) is 5.80. The van der Waals surface area contributed by atoms with Gasteiger partial charge in [0.15, 0.2) is 0 Å². The Bertz CT molecular complexity index is 464. The average molecular weight is 352 g/mol. The van der Waals surface area contributed by atoms with Crippen molar-refractivity contribution in [2.75, 3.05) is 13.1 Å². The van der Waals surface area contributed by atoms with Crippen LogP contribution in [0.1, 0.15) is 30.1 Å². The molecule has 19 heavy (non-hydrogen) atoms. The summed E-state index contributed by atoms with van der Waals surface area (Å²) < 4.78 is 14.3. The predicted octanol–water partition coefficient (Wildman–Crippen LogP) is 2.88. The monoisotopic (exact) mass is 350 g/mol. The fourth-order valence-corrected chi connectivity index (χ4v) is 2.48. The Hall–Kier alpha value is -0.650. The van der Waals surface area contributed by atoms with Crippen molar-refractivity contribution < 1.29 is 9.18 Å². The summed E-state index contributed by atoms with van der Waals surface area (Å²) in [4.78, 5) is 12.1. The molecule has 1 aromatic carbocycles. The van der Waals surface area contributed by atoms with E-state index in [0.717, 1.165) is 25.9 Å². The molecule has 1 amide bonds. The van der Waals surface area contributed by atoms with Gasteiger partial charge in [-0.3, -0.25) is 4.79 Å². The topological polar surface area (TPSA) is 41.1 Å². The van der Waals surface area contributed by atoms with Crippen molar-refractivity contribution in [2.24, 2.45) is 0 Å². The highest BCUT2D eigenvalue weighted by Crippen LogP contribution is 2.20. The molecule has 1 aliphatic heterocycles. The lowest BCUT2D eigenvalue weighted by Gasteiger charge is -2.35. The van der Waals surface area contributed by atoms with Crippen LogP contribution >= 0.6 is 28.3 Å². The molecule has 1 fully saturated rings. The lowest BCUT2D eigenvalue weighted by Crippen LogP contribution is -2.52. The zero-order chi connectivity index (χ0) is 13.2. The third kappa shape index (κ3) is 4.16. The minimum absolute atomic E-state index is 0. The third-order valence-electron chi connectivity index (χ3n) is 3.30. The van der Waals surface area contributed by atoms with Crippen LogP contribution in [0.5, 0.6) is 0 Å². The number of carbonyl (C=O) groups is 1. The molecule has 2 N–H and O–H groups in total. The number of hydrogen-bond acceptors (Lipinski definition) is 2. The first kappa shape index (κ1) is 16.4. The van der Waals surface area contributed by atoms with E-state index in [1.807, 2.05) is 6.92 Å². The van der Waals surface area contributed by atoms with E-state index in [9.17, 15) is 9.18 Å². The lowest BCUT2D eigenvalue weighted by atomic mass is 9.90. The largest absolute Gasteiger partial charge is 0.347 e. The van der Waals surface area contributed by atoms with Crippen LogP contribution in [0.25, 0.3) is 0 Å². The number of carbonyl (C=O) groups excluding carboxylic acids is 1. The summed E-state index contributed by atoms with van der Waals surface area (Å²) in [6, 6.07) is 4.39. The molecule has 0 bridgehead atoms. The van der Waals surface area contributed by atoms with E-state index in [1.54, 1.807) is 6.07 Å². The van der Waals surface area contributed by atoms with E-state index < -0.39 is 5.82 Å². The summed E-state index contributed by atoms with van der Waals surface area (Å²) in [5, 5.41) is 6.18. The quantitative estimate of drug-likeness (QED) is 0.860. The van der Waals surface area contributed by atoms with Crippen molar-refractivity contribution in [3.8, 4) is 0 Å². The molecule has 0 spiro atoms. The minimum Gasteiger partial charge on any atom is -0.347 e. The molecule has 1 heterocycles. The van der Waals surface area contributed by atoms with Gasteiger partial charge in [0.05, 0.1) is 5.56 Å². The van der Waals surface area contributed by atoms with E-state index >= 15 is 0 Å². The number of hydrogen-bond donors (Lipinski definition) is 2. The molecular weight excluding hydrogens is 335 g/mol. The fourth-order valence-electron chi connectivity index (χ4n) is 2.12. The van der Waals surface area contributed by atoms with Crippen LogP contribution in [0, 0.1) is 5.82 Å². The van der Waals surface area contributed by atoms with Gasteiger partial charge in [-0.05, 0) is 51.1 Å². The first-order chi connectivity index (χ1) is 8.50. The molecule has 0 unspecified atom stereocenters. The van der Waals surface area contributed by atoms with Crippen LogP contribution in [-0.4, -0.2) is 24.5 Å². The van der Waals surface area contributed by atoms with Gasteiger partial charge in [0, 0.05) is 10.0 Å². The van der Waals surface area contributed by atoms with Crippen molar-refractivity contribution >= 4 is 34.2 Å². The first-order valence-electron chi connectivity index (χ1n) is 5.98. The molecule has 6 heteroatoms. The number of piperidine rings is 1. The van der Waals surface area contributed by atoms with Gasteiger partial charge in [-0.15, -0.1) is 12.4 Å². The molecule has 0 aliphatic carbocycles. The van der Waals surface area contributed by atoms with Crippen LogP contribution in [-0.2, 0) is 0 Å². The van der Waals surface area contributed by atoms with Gasteiger partial charge in [0.25, 0.3) is 5.91 Å². The smallest absolute Gasteiger partial charge is 0.254 e. The predicted molar refractivity (Wildman–Crippen MR) is 79.3 cm³/mol. The molecule has 0 saturated carbocycles. The van der Waals surface area contributed by atoms with Crippen LogP contribution in [0.2, 0.25) is 0 Å². The molecule has 106 valence electrons. The van der Waals surface area contributed by atoms with E-state index in [-0.39, 0.29) is 29.4 Å². The Kier molecular flexibility index (Phi) is 5.77. The standard InChI is InChI=1S/C13H16BrFN2O.ClH/c1-13(4-6-16-7-5-13)17-12(18)10-8-9(14)2-3-11(10)15;/h2-3,8,16H,4-7H2,1H3,(H,17,18);1H. The van der Waals surface area contributed by atoms with Crippen molar-refractivity contribution in [3.63, 3.8) is 0 Å². The van der Waals surface area contributed by atoms with Crippen LogP contribution in [0.3, 0.4) is 0 Å². The Balaban J connectivity index is 0.00000180. The second-order valence-electron chi connectivity index (χ2n) is 4.89. The number of halogens is 3. The molecule has 1 aromatic rings. The Labute approximate surface area is 126 Å². The summed E-state index contributed by atoms with van der Waals surface area (Å²) >= 11 is 3.25. The molecule has 0 radical (unpaired) electrons. The number of rotatable bonds is 2. The summed E-state index contributed by atoms with van der Waals surface area (Å²) in [6.45, 7) is 3.75. The number of amides is 1. The minimum atomic E-state index is -0.492. The molecular formula is C13H17BrClFN2O. The maximum atomic E-state index is 13.6. The van der Waals surface area contributed by atoms with Crippen molar-refractivity contribution in [2.45, 2.75) is 25.3 Å². The van der Waals surface area contributed by atoms with Crippen molar-refractivity contribution in [3.05, 3.63) is 34.1 Å². The molecule has 0 atom stereocenters. The van der Waals surface area contributed by atoms with Gasteiger partial charge in [0.1, 0.15) is 5.82 Å². The second kappa shape index (κ2) is 6.68. The van der Waals surface area contributed by atoms with E-state index in [4.69, 9.17) is 0 Å². The highest BCUT2D eigenvalue weighted by Gasteiger charge is 2.29. The molecule has 1 saturated heterocycles. The molecule has 2 rings (SSSR count). The van der Waals surface area contributed by atoms with E-state index in [2.05, 4.69) is 26.6 Å². The first-order valence-corrected chi connectivity index (χ1v) is 6.78. The van der Waals surface area contributed by atoms with Crippen molar-refractivity contribution in [1.82, 2.24) is 10.6 Å². The highest BCUT2D eigenvalue weighted by atomic mass is 79.9. The highest BCUT2D eigenvalue weighted by molar-refractivity contribution is 9.10. The maximum absolute atomic E-state index is 13.6. The van der Waals surface area contributed by atoms with Gasteiger partial charge >= 0.3 is 0 Å². The normalized spacial score (nSPS) is 17.4. The van der Waals surface area contributed by atoms with Crippen molar-refractivity contribution in [1.29, 1.82) is 0 Å². The van der Waals surface area contributed by atoms with E-state index in [0.29, 0.717) is 4.47 Å². The van der Waals surface area contributed by atoms with Gasteiger partial charge in [-0.1, -0.05) is 15.9 Å². The van der Waals surface area contributed by atoms with Crippen LogP contribution in [0.15, 0.2) is 22.7 Å². The summed E-state index contributed by atoms with van der Waals surface area (Å²) in [6.07, 6.45) is 1.71. The zero-order valence-corrected chi connectivity index (χ0v) is 13.0.